The summed E-state index contributed by atoms with van der Waals surface area (Å²) < 4.78 is 31.5. The molecule has 22 heavy (non-hydrogen) atoms. The van der Waals surface area contributed by atoms with Gasteiger partial charge < -0.3 is 4.52 Å². The molecule has 0 saturated carbocycles. The molecule has 0 aliphatic heterocycles. The highest BCUT2D eigenvalue weighted by Crippen LogP contribution is 2.25. The molecular weight excluding hydrogens is 300 g/mol. The van der Waals surface area contributed by atoms with E-state index < -0.39 is 10.0 Å². The van der Waals surface area contributed by atoms with Crippen LogP contribution in [0.25, 0.3) is 11.3 Å². The van der Waals surface area contributed by atoms with Crippen LogP contribution in [-0.4, -0.2) is 20.6 Å². The summed E-state index contributed by atoms with van der Waals surface area (Å²) in [5.41, 5.74) is 1.34. The summed E-state index contributed by atoms with van der Waals surface area (Å²) in [6, 6.07) is 19.5. The van der Waals surface area contributed by atoms with Crippen LogP contribution in [0.3, 0.4) is 0 Å². The van der Waals surface area contributed by atoms with Crippen LogP contribution in [0.1, 0.15) is 0 Å². The molecule has 0 atom stereocenters. The molecule has 1 heterocycles. The number of sulfonamides is 1. The first kappa shape index (κ1) is 14.3. The maximum Gasteiger partial charge on any atom is 0.285 e. The second-order valence-corrected chi connectivity index (χ2v) is 6.62. The molecule has 3 rings (SSSR count). The molecule has 0 spiro atoms. The Kier molecular flexibility index (Phi) is 3.68. The molecule has 112 valence electrons. The number of hydrogen-bond donors (Lipinski definition) is 0. The molecule has 0 saturated heterocycles. The predicted octanol–water partition coefficient (Wildman–Crippen LogP) is 3.17. The summed E-state index contributed by atoms with van der Waals surface area (Å²) in [6.07, 6.45) is 0. The quantitative estimate of drug-likeness (QED) is 0.742. The maximum absolute atomic E-state index is 12.6. The van der Waals surface area contributed by atoms with E-state index in [1.165, 1.54) is 17.4 Å². The first-order valence-corrected chi connectivity index (χ1v) is 8.09. The van der Waals surface area contributed by atoms with Crippen molar-refractivity contribution >= 4 is 15.7 Å². The van der Waals surface area contributed by atoms with E-state index in [0.29, 0.717) is 11.4 Å². The van der Waals surface area contributed by atoms with Crippen molar-refractivity contribution in [1.29, 1.82) is 0 Å². The molecule has 0 aliphatic carbocycles. The Morgan fingerprint density at radius 1 is 0.955 bits per heavy atom. The molecule has 0 N–H and O–H groups in total. The summed E-state index contributed by atoms with van der Waals surface area (Å²) in [5.74, 6) is 0.417. The van der Waals surface area contributed by atoms with Crippen molar-refractivity contribution in [3.63, 3.8) is 0 Å². The lowest BCUT2D eigenvalue weighted by Gasteiger charge is -2.17. The van der Waals surface area contributed by atoms with Crippen molar-refractivity contribution in [1.82, 2.24) is 5.16 Å². The third kappa shape index (κ3) is 2.60. The van der Waals surface area contributed by atoms with Gasteiger partial charge in [0.2, 0.25) is 5.03 Å². The summed E-state index contributed by atoms with van der Waals surface area (Å²) in [5, 5.41) is 3.59. The lowest BCUT2D eigenvalue weighted by Crippen LogP contribution is -2.26. The predicted molar refractivity (Wildman–Crippen MR) is 84.0 cm³/mol. The Morgan fingerprint density at radius 3 is 2.18 bits per heavy atom. The summed E-state index contributed by atoms with van der Waals surface area (Å²) in [7, 11) is -2.26. The van der Waals surface area contributed by atoms with E-state index in [9.17, 15) is 8.42 Å². The third-order valence-corrected chi connectivity index (χ3v) is 4.94. The SMILES string of the molecule is CN(c1ccccc1)S(=O)(=O)c1cc(-c2ccccc2)on1. The average molecular weight is 314 g/mol. The second-order valence-electron chi connectivity index (χ2n) is 4.70. The second kappa shape index (κ2) is 5.65. The van der Waals surface area contributed by atoms with Crippen LogP contribution < -0.4 is 4.31 Å². The topological polar surface area (TPSA) is 63.4 Å². The van der Waals surface area contributed by atoms with Crippen molar-refractivity contribution < 1.29 is 12.9 Å². The van der Waals surface area contributed by atoms with Crippen molar-refractivity contribution in [3.05, 3.63) is 66.7 Å². The van der Waals surface area contributed by atoms with Crippen LogP contribution in [-0.2, 0) is 10.0 Å². The fourth-order valence-corrected chi connectivity index (χ4v) is 3.10. The molecule has 1 aromatic heterocycles. The first-order chi connectivity index (χ1) is 10.6. The van der Waals surface area contributed by atoms with Gasteiger partial charge in [0, 0.05) is 18.7 Å². The number of hydrogen-bond acceptors (Lipinski definition) is 4. The largest absolute Gasteiger partial charge is 0.355 e. The van der Waals surface area contributed by atoms with Crippen molar-refractivity contribution in [2.24, 2.45) is 0 Å². The minimum atomic E-state index is -3.75. The molecule has 0 bridgehead atoms. The van der Waals surface area contributed by atoms with Crippen LogP contribution in [0, 0.1) is 0 Å². The molecule has 0 radical (unpaired) electrons. The van der Waals surface area contributed by atoms with Gasteiger partial charge in [-0.25, -0.2) is 0 Å². The van der Waals surface area contributed by atoms with Crippen molar-refractivity contribution in [2.75, 3.05) is 11.4 Å². The Labute approximate surface area is 128 Å². The number of anilines is 1. The standard InChI is InChI=1S/C16H14N2O3S/c1-18(14-10-6-3-7-11-14)22(19,20)16-12-15(21-17-16)13-8-4-2-5-9-13/h2-12H,1H3. The van der Waals surface area contributed by atoms with E-state index in [0.717, 1.165) is 5.56 Å². The number of benzene rings is 2. The molecule has 5 nitrogen and oxygen atoms in total. The normalized spacial score (nSPS) is 11.3. The van der Waals surface area contributed by atoms with Crippen molar-refractivity contribution in [2.45, 2.75) is 5.03 Å². The van der Waals surface area contributed by atoms with E-state index in [1.54, 1.807) is 24.3 Å². The minimum Gasteiger partial charge on any atom is -0.355 e. The Balaban J connectivity index is 1.95. The van der Waals surface area contributed by atoms with Gasteiger partial charge in [0.1, 0.15) is 0 Å². The highest BCUT2D eigenvalue weighted by atomic mass is 32.2. The third-order valence-electron chi connectivity index (χ3n) is 3.29. The van der Waals surface area contributed by atoms with Gasteiger partial charge in [-0.15, -0.1) is 0 Å². The lowest BCUT2D eigenvalue weighted by atomic mass is 10.2. The van der Waals surface area contributed by atoms with E-state index in [2.05, 4.69) is 5.16 Å². The molecule has 0 unspecified atom stereocenters. The first-order valence-electron chi connectivity index (χ1n) is 6.65. The van der Waals surface area contributed by atoms with Gasteiger partial charge >= 0.3 is 0 Å². The minimum absolute atomic E-state index is 0.113. The van der Waals surface area contributed by atoms with E-state index in [1.807, 2.05) is 36.4 Å². The average Bonchev–Trinajstić information content (AvgIpc) is 3.06. The molecule has 3 aromatic rings. The van der Waals surface area contributed by atoms with Gasteiger partial charge in [0.05, 0.1) is 5.69 Å². The molecule has 2 aromatic carbocycles. The van der Waals surface area contributed by atoms with Crippen LogP contribution in [0.4, 0.5) is 5.69 Å². The number of aromatic nitrogens is 1. The van der Waals surface area contributed by atoms with Gasteiger partial charge in [-0.2, -0.15) is 8.42 Å². The van der Waals surface area contributed by atoms with Gasteiger partial charge in [-0.3, -0.25) is 4.31 Å². The van der Waals surface area contributed by atoms with Crippen LogP contribution in [0.15, 0.2) is 76.3 Å². The molecule has 0 aliphatic rings. The Morgan fingerprint density at radius 2 is 1.55 bits per heavy atom. The molecular formula is C16H14N2O3S. The van der Waals surface area contributed by atoms with Gasteiger partial charge in [0.25, 0.3) is 10.0 Å². The van der Waals surface area contributed by atoms with E-state index >= 15 is 0 Å². The fraction of sp³-hybridized carbons (Fsp3) is 0.0625. The Hall–Kier alpha value is -2.60. The van der Waals surface area contributed by atoms with Gasteiger partial charge in [-0.1, -0.05) is 53.7 Å². The van der Waals surface area contributed by atoms with E-state index in [4.69, 9.17) is 4.52 Å². The van der Waals surface area contributed by atoms with Crippen LogP contribution in [0.5, 0.6) is 0 Å². The zero-order valence-electron chi connectivity index (χ0n) is 11.9. The number of para-hydroxylation sites is 1. The summed E-state index contributed by atoms with van der Waals surface area (Å²) in [6.45, 7) is 0. The highest BCUT2D eigenvalue weighted by Gasteiger charge is 2.25. The van der Waals surface area contributed by atoms with Gasteiger partial charge in [-0.05, 0) is 12.1 Å². The summed E-state index contributed by atoms with van der Waals surface area (Å²) in [4.78, 5) is 0. The fourth-order valence-electron chi connectivity index (χ4n) is 2.04. The van der Waals surface area contributed by atoms with E-state index in [-0.39, 0.29) is 5.03 Å². The maximum atomic E-state index is 12.6. The zero-order valence-corrected chi connectivity index (χ0v) is 12.7. The smallest absolute Gasteiger partial charge is 0.285 e. The zero-order chi connectivity index (χ0) is 15.6. The Bertz CT molecular complexity index is 859. The monoisotopic (exact) mass is 314 g/mol. The van der Waals surface area contributed by atoms with Crippen LogP contribution in [0.2, 0.25) is 0 Å². The summed E-state index contributed by atoms with van der Waals surface area (Å²) >= 11 is 0. The molecule has 6 heteroatoms. The lowest BCUT2D eigenvalue weighted by molar-refractivity contribution is 0.411. The van der Waals surface area contributed by atoms with Gasteiger partial charge in [0.15, 0.2) is 5.76 Å². The molecule has 0 amide bonds. The number of nitrogens with zero attached hydrogens (tertiary/aromatic N) is 2. The highest BCUT2D eigenvalue weighted by molar-refractivity contribution is 7.92. The molecule has 0 fully saturated rings. The van der Waals surface area contributed by atoms with Crippen molar-refractivity contribution in [3.8, 4) is 11.3 Å². The van der Waals surface area contributed by atoms with Crippen LogP contribution >= 0.6 is 0 Å². The number of rotatable bonds is 4.